The van der Waals surface area contributed by atoms with Gasteiger partial charge in [-0.3, -0.25) is 4.98 Å². The lowest BCUT2D eigenvalue weighted by Crippen LogP contribution is -2.46. The third-order valence-corrected chi connectivity index (χ3v) is 3.31. The van der Waals surface area contributed by atoms with Crippen LogP contribution in [-0.4, -0.2) is 49.3 Å². The molecule has 0 radical (unpaired) electrons. The molecule has 1 aromatic heterocycles. The first-order chi connectivity index (χ1) is 8.72. The number of aromatic nitrogens is 1. The quantitative estimate of drug-likeness (QED) is 0.821. The smallest absolute Gasteiger partial charge is 0.0898 e. The molecule has 0 bridgehead atoms. The zero-order chi connectivity index (χ0) is 13.0. The lowest BCUT2D eigenvalue weighted by Gasteiger charge is -2.36. The van der Waals surface area contributed by atoms with E-state index in [-0.39, 0.29) is 12.1 Å². The molecule has 0 spiro atoms. The van der Waals surface area contributed by atoms with Crippen LogP contribution in [0.4, 0.5) is 5.69 Å². The van der Waals surface area contributed by atoms with E-state index in [1.807, 2.05) is 12.3 Å². The van der Waals surface area contributed by atoms with Crippen molar-refractivity contribution in [2.24, 2.45) is 0 Å². The van der Waals surface area contributed by atoms with E-state index in [0.29, 0.717) is 0 Å². The summed E-state index contributed by atoms with van der Waals surface area (Å²) in [7, 11) is 2.12. The number of anilines is 1. The molecule has 1 saturated heterocycles. The fourth-order valence-corrected chi connectivity index (χ4v) is 2.35. The van der Waals surface area contributed by atoms with E-state index in [0.717, 1.165) is 37.5 Å². The number of nitrogens with zero attached hydrogens (tertiary/aromatic N) is 2. The van der Waals surface area contributed by atoms with Gasteiger partial charge >= 0.3 is 0 Å². The number of pyridine rings is 1. The van der Waals surface area contributed by atoms with Crippen molar-refractivity contribution in [2.75, 3.05) is 39.0 Å². The molecule has 100 valence electrons. The Balaban J connectivity index is 2.19. The Morgan fingerprint density at radius 1 is 1.67 bits per heavy atom. The molecule has 1 fully saturated rings. The predicted molar refractivity (Wildman–Crippen MR) is 72.3 cm³/mol. The fourth-order valence-electron chi connectivity index (χ4n) is 2.35. The molecule has 2 rings (SSSR count). The van der Waals surface area contributed by atoms with Crippen LogP contribution >= 0.6 is 0 Å². The topological polar surface area (TPSA) is 63.4 Å². The van der Waals surface area contributed by atoms with Crippen molar-refractivity contribution in [3.63, 3.8) is 0 Å². The van der Waals surface area contributed by atoms with E-state index < -0.39 is 0 Å². The molecule has 0 aromatic carbocycles. The molecule has 5 nitrogen and oxygen atoms in total. The molecule has 0 saturated carbocycles. The van der Waals surface area contributed by atoms with Crippen molar-refractivity contribution in [1.82, 2.24) is 15.2 Å². The second-order valence-electron chi connectivity index (χ2n) is 4.71. The summed E-state index contributed by atoms with van der Waals surface area (Å²) in [5.74, 6) is 0. The van der Waals surface area contributed by atoms with Crippen LogP contribution in [0.3, 0.4) is 0 Å². The molecule has 2 heterocycles. The van der Waals surface area contributed by atoms with Gasteiger partial charge in [0.05, 0.1) is 18.8 Å². The SMILES string of the molecule is CCNC(c1cnccc1N)C1CN(C)CCO1. The van der Waals surface area contributed by atoms with Crippen LogP contribution in [0.15, 0.2) is 18.5 Å². The zero-order valence-electron chi connectivity index (χ0n) is 11.1. The predicted octanol–water partition coefficient (Wildman–Crippen LogP) is 0.645. The number of nitrogen functional groups attached to an aromatic ring is 1. The van der Waals surface area contributed by atoms with Gasteiger partial charge in [-0.05, 0) is 19.7 Å². The van der Waals surface area contributed by atoms with Crippen molar-refractivity contribution in [1.29, 1.82) is 0 Å². The Morgan fingerprint density at radius 2 is 2.50 bits per heavy atom. The van der Waals surface area contributed by atoms with Crippen LogP contribution in [0.1, 0.15) is 18.5 Å². The number of nitrogens with one attached hydrogen (secondary N) is 1. The normalized spacial score (nSPS) is 22.9. The zero-order valence-corrected chi connectivity index (χ0v) is 11.1. The van der Waals surface area contributed by atoms with Crippen molar-refractivity contribution >= 4 is 5.69 Å². The number of ether oxygens (including phenoxy) is 1. The molecule has 1 aromatic rings. The number of hydrogen-bond donors (Lipinski definition) is 2. The van der Waals surface area contributed by atoms with Gasteiger partial charge in [0, 0.05) is 36.7 Å². The summed E-state index contributed by atoms with van der Waals surface area (Å²) in [6, 6.07) is 1.94. The van der Waals surface area contributed by atoms with Gasteiger partial charge in [0.1, 0.15) is 0 Å². The maximum Gasteiger partial charge on any atom is 0.0898 e. The number of nitrogens with two attached hydrogens (primary N) is 1. The third kappa shape index (κ3) is 2.98. The van der Waals surface area contributed by atoms with E-state index in [1.165, 1.54) is 0 Å². The molecule has 2 atom stereocenters. The monoisotopic (exact) mass is 250 g/mol. The van der Waals surface area contributed by atoms with Gasteiger partial charge in [0.15, 0.2) is 0 Å². The Labute approximate surface area is 108 Å². The summed E-state index contributed by atoms with van der Waals surface area (Å²) in [6.07, 6.45) is 3.67. The molecule has 2 unspecified atom stereocenters. The van der Waals surface area contributed by atoms with Gasteiger partial charge in [-0.25, -0.2) is 0 Å². The molecule has 0 aliphatic carbocycles. The van der Waals surface area contributed by atoms with Crippen LogP contribution in [-0.2, 0) is 4.74 Å². The summed E-state index contributed by atoms with van der Waals surface area (Å²) in [4.78, 5) is 6.46. The number of rotatable bonds is 4. The van der Waals surface area contributed by atoms with Gasteiger partial charge in [-0.1, -0.05) is 6.92 Å². The second kappa shape index (κ2) is 6.13. The first-order valence-corrected chi connectivity index (χ1v) is 6.45. The molecule has 3 N–H and O–H groups in total. The maximum atomic E-state index is 6.04. The average Bonchev–Trinajstić information content (AvgIpc) is 2.37. The van der Waals surface area contributed by atoms with Crippen LogP contribution < -0.4 is 11.1 Å². The summed E-state index contributed by atoms with van der Waals surface area (Å²) in [5, 5.41) is 3.46. The summed E-state index contributed by atoms with van der Waals surface area (Å²) in [6.45, 7) is 5.63. The van der Waals surface area contributed by atoms with Crippen LogP contribution in [0, 0.1) is 0 Å². The molecular formula is C13H22N4O. The number of hydrogen-bond acceptors (Lipinski definition) is 5. The highest BCUT2D eigenvalue weighted by molar-refractivity contribution is 5.46. The lowest BCUT2D eigenvalue weighted by molar-refractivity contribution is -0.0389. The minimum Gasteiger partial charge on any atom is -0.398 e. The Hall–Kier alpha value is -1.17. The Morgan fingerprint density at radius 3 is 3.17 bits per heavy atom. The minimum atomic E-state index is 0.103. The largest absolute Gasteiger partial charge is 0.398 e. The summed E-state index contributed by atoms with van der Waals surface area (Å²) >= 11 is 0. The standard InChI is InChI=1S/C13H22N4O/c1-3-16-13(10-8-15-5-4-11(10)14)12-9-17(2)6-7-18-12/h4-5,8,12-13,16H,3,6-7,9H2,1-2H3,(H2,14,15). The van der Waals surface area contributed by atoms with Gasteiger partial charge in [0.2, 0.25) is 0 Å². The third-order valence-electron chi connectivity index (χ3n) is 3.31. The fraction of sp³-hybridized carbons (Fsp3) is 0.615. The maximum absolute atomic E-state index is 6.04. The first-order valence-electron chi connectivity index (χ1n) is 6.45. The lowest BCUT2D eigenvalue weighted by atomic mass is 10.00. The van der Waals surface area contributed by atoms with Crippen LogP contribution in [0.25, 0.3) is 0 Å². The van der Waals surface area contributed by atoms with Crippen LogP contribution in [0.2, 0.25) is 0 Å². The van der Waals surface area contributed by atoms with Gasteiger partial charge < -0.3 is 20.7 Å². The number of likely N-dealkylation sites (N-methyl/N-ethyl adjacent to an activating group) is 2. The Bertz CT molecular complexity index is 385. The van der Waals surface area contributed by atoms with Gasteiger partial charge in [-0.2, -0.15) is 0 Å². The molecule has 0 amide bonds. The molecule has 5 heteroatoms. The highest BCUT2D eigenvalue weighted by Crippen LogP contribution is 2.25. The Kier molecular flexibility index (Phi) is 4.52. The number of morpholine rings is 1. The van der Waals surface area contributed by atoms with Crippen molar-refractivity contribution in [3.05, 3.63) is 24.0 Å². The van der Waals surface area contributed by atoms with Crippen molar-refractivity contribution in [2.45, 2.75) is 19.1 Å². The molecule has 18 heavy (non-hydrogen) atoms. The van der Waals surface area contributed by atoms with E-state index in [4.69, 9.17) is 10.5 Å². The van der Waals surface area contributed by atoms with E-state index in [9.17, 15) is 0 Å². The van der Waals surface area contributed by atoms with E-state index in [1.54, 1.807) is 6.20 Å². The minimum absolute atomic E-state index is 0.103. The van der Waals surface area contributed by atoms with E-state index >= 15 is 0 Å². The highest BCUT2D eigenvalue weighted by Gasteiger charge is 2.28. The average molecular weight is 250 g/mol. The highest BCUT2D eigenvalue weighted by atomic mass is 16.5. The van der Waals surface area contributed by atoms with Gasteiger partial charge in [-0.15, -0.1) is 0 Å². The molecule has 1 aliphatic heterocycles. The second-order valence-corrected chi connectivity index (χ2v) is 4.71. The molecule has 1 aliphatic rings. The van der Waals surface area contributed by atoms with Crippen LogP contribution in [0.5, 0.6) is 0 Å². The van der Waals surface area contributed by atoms with E-state index in [2.05, 4.69) is 29.2 Å². The van der Waals surface area contributed by atoms with Crippen molar-refractivity contribution < 1.29 is 4.74 Å². The first kappa shape index (κ1) is 13.3. The van der Waals surface area contributed by atoms with Crippen molar-refractivity contribution in [3.8, 4) is 0 Å². The summed E-state index contributed by atoms with van der Waals surface area (Å²) < 4.78 is 5.88. The molecular weight excluding hydrogens is 228 g/mol. The summed E-state index contributed by atoms with van der Waals surface area (Å²) in [5.41, 5.74) is 7.84. The van der Waals surface area contributed by atoms with Gasteiger partial charge in [0.25, 0.3) is 0 Å².